The molecule has 0 aliphatic heterocycles. The van der Waals surface area contributed by atoms with Gasteiger partial charge >= 0.3 is 0 Å². The number of carbonyl (C=O) groups excluding carboxylic acids is 1. The molecule has 0 aliphatic rings. The molecule has 24 heavy (non-hydrogen) atoms. The number of nitrogens with one attached hydrogen (secondary N) is 1. The van der Waals surface area contributed by atoms with E-state index in [0.717, 1.165) is 6.42 Å². The van der Waals surface area contributed by atoms with Gasteiger partial charge in [0.05, 0.1) is 10.6 Å². The summed E-state index contributed by atoms with van der Waals surface area (Å²) < 4.78 is 0. The molecular weight excluding hydrogens is 310 g/mol. The van der Waals surface area contributed by atoms with Crippen molar-refractivity contribution in [2.24, 2.45) is 5.10 Å². The molecule has 124 valence electrons. The topological polar surface area (TPSA) is 105 Å². The number of phenols is 1. The molecule has 7 heteroatoms. The summed E-state index contributed by atoms with van der Waals surface area (Å²) in [6.45, 7) is 1.95. The predicted molar refractivity (Wildman–Crippen MR) is 90.1 cm³/mol. The maximum atomic E-state index is 12.1. The Labute approximate surface area is 138 Å². The number of nitro benzene ring substituents is 1. The summed E-state index contributed by atoms with van der Waals surface area (Å²) in [4.78, 5) is 22.5. The molecule has 0 saturated carbocycles. The lowest BCUT2D eigenvalue weighted by Crippen LogP contribution is -2.20. The molecule has 0 unspecified atom stereocenters. The molecule has 2 aromatic carbocycles. The Hall–Kier alpha value is -3.22. The summed E-state index contributed by atoms with van der Waals surface area (Å²) in [6, 6.07) is 12.0. The van der Waals surface area contributed by atoms with Crippen molar-refractivity contribution in [1.82, 2.24) is 5.43 Å². The number of hydrazone groups is 1. The summed E-state index contributed by atoms with van der Waals surface area (Å²) in [5.74, 6) is -0.482. The number of nitrogens with zero attached hydrogens (tertiary/aromatic N) is 2. The van der Waals surface area contributed by atoms with Crippen LogP contribution in [-0.2, 0) is 0 Å². The number of carbonyl (C=O) groups is 1. The van der Waals surface area contributed by atoms with Crippen LogP contribution in [0.2, 0.25) is 0 Å². The Morgan fingerprint density at radius 2 is 1.92 bits per heavy atom. The van der Waals surface area contributed by atoms with Gasteiger partial charge in [-0.1, -0.05) is 31.5 Å². The number of hydrogen-bond acceptors (Lipinski definition) is 5. The molecule has 0 aliphatic carbocycles. The average Bonchev–Trinajstić information content (AvgIpc) is 2.58. The molecule has 0 heterocycles. The Balaban J connectivity index is 2.23. The highest BCUT2D eigenvalue weighted by atomic mass is 16.6. The number of nitro groups is 1. The van der Waals surface area contributed by atoms with Crippen molar-refractivity contribution in [3.8, 4) is 5.75 Å². The lowest BCUT2D eigenvalue weighted by atomic mass is 10.1. The van der Waals surface area contributed by atoms with E-state index in [-0.39, 0.29) is 17.0 Å². The highest BCUT2D eigenvalue weighted by molar-refractivity contribution is 6.02. The summed E-state index contributed by atoms with van der Waals surface area (Å²) in [5.41, 5.74) is 3.80. The van der Waals surface area contributed by atoms with Crippen LogP contribution in [0.5, 0.6) is 5.75 Å². The molecule has 7 nitrogen and oxygen atoms in total. The highest BCUT2D eigenvalue weighted by Gasteiger charge is 2.11. The van der Waals surface area contributed by atoms with Gasteiger partial charge < -0.3 is 5.11 Å². The van der Waals surface area contributed by atoms with Crippen molar-refractivity contribution in [2.75, 3.05) is 0 Å². The maximum Gasteiger partial charge on any atom is 0.271 e. The van der Waals surface area contributed by atoms with E-state index >= 15 is 0 Å². The van der Waals surface area contributed by atoms with Gasteiger partial charge in [0.1, 0.15) is 5.75 Å². The molecule has 0 saturated heterocycles. The predicted octanol–water partition coefficient (Wildman–Crippen LogP) is 3.23. The van der Waals surface area contributed by atoms with Crippen LogP contribution in [0.4, 0.5) is 5.69 Å². The third-order valence-electron chi connectivity index (χ3n) is 3.28. The normalized spacial score (nSPS) is 11.1. The highest BCUT2D eigenvalue weighted by Crippen LogP contribution is 2.16. The molecule has 2 aromatic rings. The number of aromatic hydroxyl groups is 1. The second-order valence-electron chi connectivity index (χ2n) is 5.11. The van der Waals surface area contributed by atoms with Crippen LogP contribution in [0.15, 0.2) is 53.6 Å². The van der Waals surface area contributed by atoms with Gasteiger partial charge in [-0.15, -0.1) is 0 Å². The molecule has 0 radical (unpaired) electrons. The van der Waals surface area contributed by atoms with Crippen LogP contribution >= 0.6 is 0 Å². The first kappa shape index (κ1) is 17.1. The van der Waals surface area contributed by atoms with E-state index in [1.807, 2.05) is 6.92 Å². The fourth-order valence-electron chi connectivity index (χ4n) is 2.13. The van der Waals surface area contributed by atoms with E-state index in [1.54, 1.807) is 24.3 Å². The summed E-state index contributed by atoms with van der Waals surface area (Å²) in [7, 11) is 0. The van der Waals surface area contributed by atoms with E-state index in [2.05, 4.69) is 10.5 Å². The van der Waals surface area contributed by atoms with Gasteiger partial charge in [0, 0.05) is 23.3 Å². The van der Waals surface area contributed by atoms with Gasteiger partial charge in [-0.2, -0.15) is 5.10 Å². The quantitative estimate of drug-likeness (QED) is 0.482. The van der Waals surface area contributed by atoms with Crippen LogP contribution < -0.4 is 5.43 Å². The van der Waals surface area contributed by atoms with Gasteiger partial charge in [-0.05, 0) is 24.6 Å². The van der Waals surface area contributed by atoms with Crippen molar-refractivity contribution in [1.29, 1.82) is 0 Å². The molecule has 0 atom stereocenters. The minimum absolute atomic E-state index is 0.0147. The van der Waals surface area contributed by atoms with Gasteiger partial charge in [0.25, 0.3) is 11.6 Å². The van der Waals surface area contributed by atoms with E-state index in [4.69, 9.17) is 0 Å². The molecular formula is C17H17N3O4. The lowest BCUT2D eigenvalue weighted by Gasteiger charge is -2.07. The van der Waals surface area contributed by atoms with E-state index in [9.17, 15) is 20.0 Å². The average molecular weight is 327 g/mol. The number of non-ortho nitro benzene ring substituents is 1. The SMILES string of the molecule is CCC/C(=N/NC(=O)c1cccc(O)c1)c1cccc([N+](=O)[O-])c1. The number of phenolic OH excluding ortho intramolecular Hbond substituents is 1. The van der Waals surface area contributed by atoms with Crippen molar-refractivity contribution in [3.63, 3.8) is 0 Å². The third-order valence-corrected chi connectivity index (χ3v) is 3.28. The number of rotatable bonds is 6. The van der Waals surface area contributed by atoms with Crippen molar-refractivity contribution in [2.45, 2.75) is 19.8 Å². The minimum atomic E-state index is -0.474. The van der Waals surface area contributed by atoms with E-state index < -0.39 is 10.8 Å². The Kier molecular flexibility index (Phi) is 5.62. The number of benzene rings is 2. The lowest BCUT2D eigenvalue weighted by molar-refractivity contribution is -0.384. The number of amides is 1. The smallest absolute Gasteiger partial charge is 0.271 e. The van der Waals surface area contributed by atoms with Gasteiger partial charge in [0.2, 0.25) is 0 Å². The first-order valence-corrected chi connectivity index (χ1v) is 7.42. The zero-order chi connectivity index (χ0) is 17.5. The summed E-state index contributed by atoms with van der Waals surface area (Å²) in [6.07, 6.45) is 1.32. The molecule has 0 fully saturated rings. The standard InChI is InChI=1S/C17H17N3O4/c1-2-5-16(12-6-3-8-14(10-12)20(23)24)18-19-17(22)13-7-4-9-15(21)11-13/h3-4,6-11,21H,2,5H2,1H3,(H,19,22)/b18-16-. The zero-order valence-electron chi connectivity index (χ0n) is 13.1. The Morgan fingerprint density at radius 1 is 1.21 bits per heavy atom. The summed E-state index contributed by atoms with van der Waals surface area (Å²) >= 11 is 0. The first-order valence-electron chi connectivity index (χ1n) is 7.42. The third kappa shape index (κ3) is 4.39. The summed E-state index contributed by atoms with van der Waals surface area (Å²) in [5, 5.41) is 24.4. The fraction of sp³-hybridized carbons (Fsp3) is 0.176. The Morgan fingerprint density at radius 3 is 2.58 bits per heavy atom. The monoisotopic (exact) mass is 327 g/mol. The molecule has 1 amide bonds. The van der Waals surface area contributed by atoms with Crippen LogP contribution in [0.25, 0.3) is 0 Å². The largest absolute Gasteiger partial charge is 0.508 e. The minimum Gasteiger partial charge on any atom is -0.508 e. The van der Waals surface area contributed by atoms with Crippen LogP contribution in [0, 0.1) is 10.1 Å². The Bertz CT molecular complexity index is 787. The first-order chi connectivity index (χ1) is 11.5. The second-order valence-corrected chi connectivity index (χ2v) is 5.11. The second kappa shape index (κ2) is 7.87. The van der Waals surface area contributed by atoms with E-state index in [1.165, 1.54) is 24.3 Å². The molecule has 2 N–H and O–H groups in total. The molecule has 0 bridgehead atoms. The van der Waals surface area contributed by atoms with Crippen LogP contribution in [0.3, 0.4) is 0 Å². The molecule has 2 rings (SSSR count). The fourth-order valence-corrected chi connectivity index (χ4v) is 2.13. The zero-order valence-corrected chi connectivity index (χ0v) is 13.1. The van der Waals surface area contributed by atoms with Gasteiger partial charge in [0.15, 0.2) is 0 Å². The maximum absolute atomic E-state index is 12.1. The van der Waals surface area contributed by atoms with E-state index in [0.29, 0.717) is 17.7 Å². The number of hydrogen-bond donors (Lipinski definition) is 2. The molecule has 0 aromatic heterocycles. The van der Waals surface area contributed by atoms with Crippen LogP contribution in [0.1, 0.15) is 35.7 Å². The van der Waals surface area contributed by atoms with Crippen molar-refractivity contribution < 1.29 is 14.8 Å². The van der Waals surface area contributed by atoms with Crippen LogP contribution in [-0.4, -0.2) is 21.6 Å². The van der Waals surface area contributed by atoms with Crippen molar-refractivity contribution >= 4 is 17.3 Å². The van der Waals surface area contributed by atoms with Gasteiger partial charge in [-0.25, -0.2) is 5.43 Å². The van der Waals surface area contributed by atoms with Gasteiger partial charge in [-0.3, -0.25) is 14.9 Å². The molecule has 0 spiro atoms. The van der Waals surface area contributed by atoms with Crippen molar-refractivity contribution in [3.05, 3.63) is 69.8 Å².